The van der Waals surface area contributed by atoms with Crippen LogP contribution >= 0.6 is 0 Å². The summed E-state index contributed by atoms with van der Waals surface area (Å²) < 4.78 is 2.32. The Morgan fingerprint density at radius 3 is 1.34 bits per heavy atom. The second-order valence-corrected chi connectivity index (χ2v) is 13.5. The Balaban J connectivity index is 1.36. The maximum absolute atomic E-state index is 5.20. The fourth-order valence-electron chi connectivity index (χ4n) is 8.10. The van der Waals surface area contributed by atoms with E-state index in [1.807, 2.05) is 0 Å². The zero-order valence-electron chi connectivity index (χ0n) is 29.0. The molecule has 2 heteroatoms. The molecule has 0 bridgehead atoms. The third kappa shape index (κ3) is 5.23. The molecular formula is C51H34N2. The molecule has 0 saturated carbocycles. The summed E-state index contributed by atoms with van der Waals surface area (Å²) in [4.78, 5) is 5.20. The minimum atomic E-state index is 0.924. The van der Waals surface area contributed by atoms with Gasteiger partial charge in [0, 0.05) is 11.3 Å². The number of hydrogen-bond acceptors (Lipinski definition) is 1. The SMILES string of the molecule is c1ccc(-c2ccccc2-c2c3ccccc3c(-c3ccccc3-c3ccccc3)c3cc(-n4c(-c5ccccc5)nc5ccccc54)ccc23)cc1. The summed E-state index contributed by atoms with van der Waals surface area (Å²) in [5.74, 6) is 0.924. The van der Waals surface area contributed by atoms with Gasteiger partial charge in [-0.3, -0.25) is 4.57 Å². The molecule has 0 amide bonds. The fourth-order valence-corrected chi connectivity index (χ4v) is 8.10. The summed E-state index contributed by atoms with van der Waals surface area (Å²) in [6.45, 7) is 0. The lowest BCUT2D eigenvalue weighted by atomic mass is 9.82. The van der Waals surface area contributed by atoms with Gasteiger partial charge in [0.15, 0.2) is 0 Å². The number of rotatable bonds is 6. The summed E-state index contributed by atoms with van der Waals surface area (Å²) in [6, 6.07) is 74.1. The van der Waals surface area contributed by atoms with Crippen LogP contribution in [0, 0.1) is 0 Å². The lowest BCUT2D eigenvalue weighted by Crippen LogP contribution is -1.99. The van der Waals surface area contributed by atoms with Crippen molar-refractivity contribution in [1.82, 2.24) is 9.55 Å². The van der Waals surface area contributed by atoms with Gasteiger partial charge in [-0.15, -0.1) is 0 Å². The number of hydrogen-bond donors (Lipinski definition) is 0. The topological polar surface area (TPSA) is 17.8 Å². The van der Waals surface area contributed by atoms with E-state index >= 15 is 0 Å². The van der Waals surface area contributed by atoms with Crippen LogP contribution in [0.4, 0.5) is 0 Å². The van der Waals surface area contributed by atoms with E-state index in [4.69, 9.17) is 4.98 Å². The van der Waals surface area contributed by atoms with Gasteiger partial charge in [-0.05, 0) is 90.3 Å². The zero-order valence-corrected chi connectivity index (χ0v) is 29.0. The smallest absolute Gasteiger partial charge is 0.145 e. The normalized spacial score (nSPS) is 11.4. The minimum absolute atomic E-state index is 0.924. The van der Waals surface area contributed by atoms with E-state index in [1.165, 1.54) is 66.1 Å². The van der Waals surface area contributed by atoms with E-state index in [2.05, 4.69) is 211 Å². The van der Waals surface area contributed by atoms with E-state index in [1.54, 1.807) is 0 Å². The first-order valence-corrected chi connectivity index (χ1v) is 18.1. The van der Waals surface area contributed by atoms with Gasteiger partial charge in [0.1, 0.15) is 5.82 Å². The van der Waals surface area contributed by atoms with Gasteiger partial charge in [-0.1, -0.05) is 182 Å². The number of fused-ring (bicyclic) bond motifs is 3. The van der Waals surface area contributed by atoms with Gasteiger partial charge < -0.3 is 0 Å². The highest BCUT2D eigenvalue weighted by Gasteiger charge is 2.22. The van der Waals surface area contributed by atoms with E-state index < -0.39 is 0 Å². The third-order valence-corrected chi connectivity index (χ3v) is 10.4. The second-order valence-electron chi connectivity index (χ2n) is 13.5. The van der Waals surface area contributed by atoms with Crippen LogP contribution in [0.5, 0.6) is 0 Å². The van der Waals surface area contributed by atoms with Crippen LogP contribution in [0.1, 0.15) is 0 Å². The molecule has 10 aromatic rings. The summed E-state index contributed by atoms with van der Waals surface area (Å²) in [7, 11) is 0. The average Bonchev–Trinajstić information content (AvgIpc) is 3.63. The minimum Gasteiger partial charge on any atom is -0.292 e. The van der Waals surface area contributed by atoms with Crippen molar-refractivity contribution < 1.29 is 0 Å². The summed E-state index contributed by atoms with van der Waals surface area (Å²) in [5.41, 5.74) is 13.9. The van der Waals surface area contributed by atoms with E-state index in [-0.39, 0.29) is 0 Å². The quantitative estimate of drug-likeness (QED) is 0.161. The molecule has 1 heterocycles. The molecule has 0 N–H and O–H groups in total. The van der Waals surface area contributed by atoms with Crippen LogP contribution in [0.3, 0.4) is 0 Å². The molecule has 248 valence electrons. The van der Waals surface area contributed by atoms with Gasteiger partial charge in [0.2, 0.25) is 0 Å². The predicted molar refractivity (Wildman–Crippen MR) is 223 cm³/mol. The molecule has 0 radical (unpaired) electrons. The van der Waals surface area contributed by atoms with Crippen molar-refractivity contribution in [2.45, 2.75) is 0 Å². The van der Waals surface area contributed by atoms with Crippen molar-refractivity contribution in [3.63, 3.8) is 0 Å². The monoisotopic (exact) mass is 674 g/mol. The molecule has 53 heavy (non-hydrogen) atoms. The number of nitrogens with zero attached hydrogens (tertiary/aromatic N) is 2. The van der Waals surface area contributed by atoms with E-state index in [9.17, 15) is 0 Å². The molecule has 0 spiro atoms. The maximum atomic E-state index is 5.20. The first-order chi connectivity index (χ1) is 26.3. The predicted octanol–water partition coefficient (Wildman–Crippen LogP) is 13.7. The van der Waals surface area contributed by atoms with Gasteiger partial charge in [-0.25, -0.2) is 4.98 Å². The van der Waals surface area contributed by atoms with Crippen LogP contribution in [0.15, 0.2) is 206 Å². The summed E-state index contributed by atoms with van der Waals surface area (Å²) >= 11 is 0. The Kier molecular flexibility index (Phi) is 7.51. The van der Waals surface area contributed by atoms with Crippen LogP contribution < -0.4 is 0 Å². The molecule has 10 rings (SSSR count). The van der Waals surface area contributed by atoms with Crippen LogP contribution in [-0.2, 0) is 0 Å². The highest BCUT2D eigenvalue weighted by Crippen LogP contribution is 2.48. The Morgan fingerprint density at radius 1 is 0.321 bits per heavy atom. The van der Waals surface area contributed by atoms with Crippen molar-refractivity contribution in [3.05, 3.63) is 206 Å². The molecule has 0 fully saturated rings. The van der Waals surface area contributed by atoms with E-state index in [0.717, 1.165) is 28.1 Å². The van der Waals surface area contributed by atoms with Crippen molar-refractivity contribution >= 4 is 32.6 Å². The molecule has 1 aromatic heterocycles. The van der Waals surface area contributed by atoms with Crippen LogP contribution in [0.2, 0.25) is 0 Å². The Bertz CT molecular complexity index is 2920. The maximum Gasteiger partial charge on any atom is 0.145 e. The van der Waals surface area contributed by atoms with E-state index in [0.29, 0.717) is 0 Å². The lowest BCUT2D eigenvalue weighted by Gasteiger charge is -2.22. The van der Waals surface area contributed by atoms with Crippen molar-refractivity contribution in [2.75, 3.05) is 0 Å². The van der Waals surface area contributed by atoms with Gasteiger partial charge in [0.25, 0.3) is 0 Å². The molecule has 2 nitrogen and oxygen atoms in total. The first-order valence-electron chi connectivity index (χ1n) is 18.1. The molecular weight excluding hydrogens is 641 g/mol. The van der Waals surface area contributed by atoms with Crippen molar-refractivity contribution in [3.8, 4) is 61.6 Å². The largest absolute Gasteiger partial charge is 0.292 e. The van der Waals surface area contributed by atoms with Crippen molar-refractivity contribution in [2.24, 2.45) is 0 Å². The molecule has 0 aliphatic carbocycles. The molecule has 0 atom stereocenters. The zero-order chi connectivity index (χ0) is 35.1. The second kappa shape index (κ2) is 12.9. The molecule has 0 aliphatic heterocycles. The Labute approximate surface area is 308 Å². The molecule has 0 unspecified atom stereocenters. The molecule has 9 aromatic carbocycles. The van der Waals surface area contributed by atoms with Gasteiger partial charge >= 0.3 is 0 Å². The van der Waals surface area contributed by atoms with Gasteiger partial charge in [-0.2, -0.15) is 0 Å². The summed E-state index contributed by atoms with van der Waals surface area (Å²) in [6.07, 6.45) is 0. The standard InChI is InChI=1S/C51H34N2/c1-4-18-35(19-5-1)39-24-10-12-26-41(39)49-43-28-14-15-29-44(43)50(42-27-13-11-25-40(42)36-20-6-2-7-21-36)46-34-38(32-33-45(46)49)53-48-31-17-16-30-47(48)52-51(53)37-22-8-3-9-23-37/h1-34H. The fraction of sp³-hybridized carbons (Fsp3) is 0. The number of aromatic nitrogens is 2. The average molecular weight is 675 g/mol. The Hall–Kier alpha value is -7.03. The molecule has 0 saturated heterocycles. The number of imidazole rings is 1. The summed E-state index contributed by atoms with van der Waals surface area (Å²) in [5, 5.41) is 4.85. The third-order valence-electron chi connectivity index (χ3n) is 10.4. The molecule has 0 aliphatic rings. The van der Waals surface area contributed by atoms with Crippen molar-refractivity contribution in [1.29, 1.82) is 0 Å². The number of para-hydroxylation sites is 2. The van der Waals surface area contributed by atoms with Gasteiger partial charge in [0.05, 0.1) is 11.0 Å². The highest BCUT2D eigenvalue weighted by atomic mass is 15.1. The lowest BCUT2D eigenvalue weighted by molar-refractivity contribution is 1.11. The first kappa shape index (κ1) is 30.8. The van der Waals surface area contributed by atoms with Crippen LogP contribution in [-0.4, -0.2) is 9.55 Å². The Morgan fingerprint density at radius 2 is 0.755 bits per heavy atom. The highest BCUT2D eigenvalue weighted by molar-refractivity contribution is 6.23. The van der Waals surface area contributed by atoms with Crippen LogP contribution in [0.25, 0.3) is 94.2 Å². The number of benzene rings is 9.